The van der Waals surface area contributed by atoms with Gasteiger partial charge in [-0.3, -0.25) is 0 Å². The molecule has 0 bridgehead atoms. The highest BCUT2D eigenvalue weighted by atomic mass is 35.5. The summed E-state index contributed by atoms with van der Waals surface area (Å²) < 4.78 is 0. The number of aliphatic hydroxyl groups is 1. The van der Waals surface area contributed by atoms with Gasteiger partial charge in [0.05, 0.1) is 16.1 Å². The summed E-state index contributed by atoms with van der Waals surface area (Å²) in [6.07, 6.45) is 0. The molecule has 112 valence electrons. The van der Waals surface area contributed by atoms with Gasteiger partial charge in [-0.2, -0.15) is 0 Å². The Morgan fingerprint density at radius 1 is 1.25 bits per heavy atom. The minimum absolute atomic E-state index is 0.00851. The third-order valence-corrected chi connectivity index (χ3v) is 4.13. The van der Waals surface area contributed by atoms with Gasteiger partial charge in [0.2, 0.25) is 0 Å². The molecule has 1 aromatic carbocycles. The summed E-state index contributed by atoms with van der Waals surface area (Å²) in [5.41, 5.74) is 0.761. The molecule has 2 amide bonds. The lowest BCUT2D eigenvalue weighted by molar-refractivity contribution is 0.199. The van der Waals surface area contributed by atoms with Gasteiger partial charge < -0.3 is 15.7 Å². The van der Waals surface area contributed by atoms with Crippen LogP contribution in [0.3, 0.4) is 0 Å². The number of rotatable bonds is 5. The fourth-order valence-corrected chi connectivity index (χ4v) is 2.15. The van der Waals surface area contributed by atoms with Crippen molar-refractivity contribution in [1.82, 2.24) is 10.6 Å². The molecular formula is C14H20Cl2N2O2. The Morgan fingerprint density at radius 2 is 1.90 bits per heavy atom. The smallest absolute Gasteiger partial charge is 0.315 e. The number of aliphatic hydroxyl groups excluding tert-OH is 1. The fraction of sp³-hybridized carbons (Fsp3) is 0.500. The maximum Gasteiger partial charge on any atom is 0.315 e. The fourth-order valence-electron chi connectivity index (χ4n) is 1.68. The molecule has 0 saturated heterocycles. The minimum Gasteiger partial charge on any atom is -0.396 e. The van der Waals surface area contributed by atoms with Crippen molar-refractivity contribution in [3.63, 3.8) is 0 Å². The first-order valence-corrected chi connectivity index (χ1v) is 7.24. The predicted molar refractivity (Wildman–Crippen MR) is 82.3 cm³/mol. The normalized spacial score (nSPS) is 15.3. The van der Waals surface area contributed by atoms with Gasteiger partial charge in [-0.05, 0) is 31.4 Å². The highest BCUT2D eigenvalue weighted by Crippen LogP contribution is 2.29. The van der Waals surface area contributed by atoms with Gasteiger partial charge >= 0.3 is 6.03 Å². The Kier molecular flexibility index (Phi) is 6.59. The predicted octanol–water partition coefficient (Wildman–Crippen LogP) is 3.37. The van der Waals surface area contributed by atoms with E-state index < -0.39 is 0 Å². The lowest BCUT2D eigenvalue weighted by atomic mass is 10.1. The Labute approximate surface area is 129 Å². The lowest BCUT2D eigenvalue weighted by Crippen LogP contribution is -2.44. The Morgan fingerprint density at radius 3 is 2.50 bits per heavy atom. The van der Waals surface area contributed by atoms with E-state index in [1.54, 1.807) is 12.1 Å². The molecule has 1 rings (SSSR count). The van der Waals surface area contributed by atoms with Crippen molar-refractivity contribution in [2.45, 2.75) is 32.9 Å². The summed E-state index contributed by atoms with van der Waals surface area (Å²) in [5, 5.41) is 15.5. The van der Waals surface area contributed by atoms with E-state index in [1.807, 2.05) is 26.8 Å². The molecule has 3 atom stereocenters. The SMILES string of the molecule is CC(NC(=O)NC(C)C(C)CO)c1cccc(Cl)c1Cl. The maximum atomic E-state index is 11.9. The molecule has 20 heavy (non-hydrogen) atoms. The second-order valence-electron chi connectivity index (χ2n) is 4.93. The number of halogens is 2. The van der Waals surface area contributed by atoms with Gasteiger partial charge in [-0.15, -0.1) is 0 Å². The van der Waals surface area contributed by atoms with Crippen molar-refractivity contribution in [2.75, 3.05) is 6.61 Å². The molecule has 0 aliphatic carbocycles. The van der Waals surface area contributed by atoms with E-state index in [9.17, 15) is 4.79 Å². The van der Waals surface area contributed by atoms with Gasteiger partial charge in [-0.25, -0.2) is 4.79 Å². The molecule has 6 heteroatoms. The molecule has 0 fully saturated rings. The summed E-state index contributed by atoms with van der Waals surface area (Å²) >= 11 is 12.1. The molecule has 0 aromatic heterocycles. The van der Waals surface area contributed by atoms with Crippen LogP contribution in [-0.2, 0) is 0 Å². The van der Waals surface area contributed by atoms with Crippen LogP contribution >= 0.6 is 23.2 Å². The molecule has 1 aromatic rings. The summed E-state index contributed by atoms with van der Waals surface area (Å²) in [7, 11) is 0. The molecule has 0 aliphatic heterocycles. The Hall–Kier alpha value is -0.970. The van der Waals surface area contributed by atoms with Gasteiger partial charge in [0.15, 0.2) is 0 Å². The van der Waals surface area contributed by atoms with Crippen LogP contribution in [0.15, 0.2) is 18.2 Å². The van der Waals surface area contributed by atoms with Crippen molar-refractivity contribution in [2.24, 2.45) is 5.92 Å². The van der Waals surface area contributed by atoms with Crippen LogP contribution in [-0.4, -0.2) is 23.8 Å². The number of carbonyl (C=O) groups excluding carboxylic acids is 1. The standard InChI is InChI=1S/C14H20Cl2N2O2/c1-8(7-19)9(2)17-14(20)18-10(3)11-5-4-6-12(15)13(11)16/h4-6,8-10,19H,7H2,1-3H3,(H2,17,18,20). The zero-order chi connectivity index (χ0) is 15.3. The molecule has 0 heterocycles. The quantitative estimate of drug-likeness (QED) is 0.779. The highest BCUT2D eigenvalue weighted by Gasteiger charge is 2.17. The van der Waals surface area contributed by atoms with E-state index in [2.05, 4.69) is 10.6 Å². The number of hydrogen-bond donors (Lipinski definition) is 3. The zero-order valence-corrected chi connectivity index (χ0v) is 13.3. The number of hydrogen-bond acceptors (Lipinski definition) is 2. The van der Waals surface area contributed by atoms with Crippen molar-refractivity contribution >= 4 is 29.2 Å². The number of nitrogens with one attached hydrogen (secondary N) is 2. The van der Waals surface area contributed by atoms with E-state index in [1.165, 1.54) is 0 Å². The van der Waals surface area contributed by atoms with E-state index >= 15 is 0 Å². The topological polar surface area (TPSA) is 61.4 Å². The molecule has 0 saturated carbocycles. The molecule has 0 aliphatic rings. The van der Waals surface area contributed by atoms with Gasteiger partial charge in [0.1, 0.15) is 0 Å². The first-order chi connectivity index (χ1) is 9.36. The average Bonchev–Trinajstić information content (AvgIpc) is 2.40. The number of amides is 2. The van der Waals surface area contributed by atoms with Crippen molar-refractivity contribution in [3.05, 3.63) is 33.8 Å². The van der Waals surface area contributed by atoms with E-state index in [-0.39, 0.29) is 30.6 Å². The zero-order valence-electron chi connectivity index (χ0n) is 11.8. The number of urea groups is 1. The number of carbonyl (C=O) groups is 1. The largest absolute Gasteiger partial charge is 0.396 e. The van der Waals surface area contributed by atoms with Crippen molar-refractivity contribution in [3.8, 4) is 0 Å². The summed E-state index contributed by atoms with van der Waals surface area (Å²) in [6, 6.07) is 4.61. The van der Waals surface area contributed by atoms with Gasteiger partial charge in [-0.1, -0.05) is 42.3 Å². The lowest BCUT2D eigenvalue weighted by Gasteiger charge is -2.22. The van der Waals surface area contributed by atoms with Crippen LogP contribution in [0.25, 0.3) is 0 Å². The van der Waals surface area contributed by atoms with Crippen LogP contribution in [0.4, 0.5) is 4.79 Å². The second kappa shape index (κ2) is 7.72. The summed E-state index contributed by atoms with van der Waals surface area (Å²) in [4.78, 5) is 11.9. The third kappa shape index (κ3) is 4.54. The van der Waals surface area contributed by atoms with Crippen LogP contribution in [0, 0.1) is 5.92 Å². The second-order valence-corrected chi connectivity index (χ2v) is 5.72. The van der Waals surface area contributed by atoms with Gasteiger partial charge in [0, 0.05) is 12.6 Å². The minimum atomic E-state index is -0.304. The Balaban J connectivity index is 2.64. The molecule has 4 nitrogen and oxygen atoms in total. The van der Waals surface area contributed by atoms with Crippen molar-refractivity contribution in [1.29, 1.82) is 0 Å². The molecule has 3 unspecified atom stereocenters. The molecular weight excluding hydrogens is 299 g/mol. The average molecular weight is 319 g/mol. The first kappa shape index (κ1) is 17.1. The maximum absolute atomic E-state index is 11.9. The van der Waals surface area contributed by atoms with Crippen LogP contribution < -0.4 is 10.6 Å². The number of benzene rings is 1. The van der Waals surface area contributed by atoms with E-state index in [0.29, 0.717) is 10.0 Å². The third-order valence-electron chi connectivity index (χ3n) is 3.30. The molecule has 3 N–H and O–H groups in total. The summed E-state index contributed by atoms with van der Waals surface area (Å²) in [6.45, 7) is 5.56. The van der Waals surface area contributed by atoms with Crippen LogP contribution in [0.5, 0.6) is 0 Å². The van der Waals surface area contributed by atoms with Crippen molar-refractivity contribution < 1.29 is 9.90 Å². The monoisotopic (exact) mass is 318 g/mol. The van der Waals surface area contributed by atoms with E-state index in [4.69, 9.17) is 28.3 Å². The van der Waals surface area contributed by atoms with E-state index in [0.717, 1.165) is 5.56 Å². The highest BCUT2D eigenvalue weighted by molar-refractivity contribution is 6.42. The summed E-state index contributed by atoms with van der Waals surface area (Å²) in [5.74, 6) is -0.00851. The first-order valence-electron chi connectivity index (χ1n) is 6.48. The molecule has 0 radical (unpaired) electrons. The molecule has 0 spiro atoms. The Bertz CT molecular complexity index is 468. The van der Waals surface area contributed by atoms with Gasteiger partial charge in [0.25, 0.3) is 0 Å². The van der Waals surface area contributed by atoms with Crippen LogP contribution in [0.1, 0.15) is 32.4 Å². The van der Waals surface area contributed by atoms with Crippen LogP contribution in [0.2, 0.25) is 10.0 Å².